The van der Waals surface area contributed by atoms with Gasteiger partial charge in [-0.05, 0) is 61.7 Å². The molecule has 1 aromatic carbocycles. The third-order valence-electron chi connectivity index (χ3n) is 3.56. The Morgan fingerprint density at radius 1 is 0.875 bits per heavy atom. The fraction of sp³-hybridized carbons (Fsp3) is 0.211. The molecule has 24 heavy (non-hydrogen) atoms. The highest BCUT2D eigenvalue weighted by molar-refractivity contribution is 5.57. The number of nitrogens with zero attached hydrogens (tertiary/aromatic N) is 3. The van der Waals surface area contributed by atoms with E-state index in [2.05, 4.69) is 57.6 Å². The van der Waals surface area contributed by atoms with Crippen molar-refractivity contribution in [1.29, 1.82) is 0 Å². The van der Waals surface area contributed by atoms with Crippen molar-refractivity contribution in [3.8, 4) is 0 Å². The third kappa shape index (κ3) is 4.29. The van der Waals surface area contributed by atoms with Crippen molar-refractivity contribution in [2.24, 2.45) is 0 Å². The summed E-state index contributed by atoms with van der Waals surface area (Å²) in [5.74, 6) is 1.39. The summed E-state index contributed by atoms with van der Waals surface area (Å²) in [5.41, 5.74) is 5.49. The fourth-order valence-corrected chi connectivity index (χ4v) is 2.58. The van der Waals surface area contributed by atoms with Crippen LogP contribution in [0.3, 0.4) is 0 Å². The summed E-state index contributed by atoms with van der Waals surface area (Å²) >= 11 is 0. The molecule has 3 rings (SSSR count). The van der Waals surface area contributed by atoms with Crippen LogP contribution in [0.4, 0.5) is 17.5 Å². The number of hydrogen-bond acceptors (Lipinski definition) is 5. The molecule has 2 N–H and O–H groups in total. The van der Waals surface area contributed by atoms with Gasteiger partial charge in [0.1, 0.15) is 5.82 Å². The molecule has 122 valence electrons. The van der Waals surface area contributed by atoms with E-state index in [1.807, 2.05) is 25.1 Å². The van der Waals surface area contributed by atoms with Crippen LogP contribution in [0.5, 0.6) is 0 Å². The average molecular weight is 319 g/mol. The summed E-state index contributed by atoms with van der Waals surface area (Å²) in [6.07, 6.45) is 3.57. The second kappa shape index (κ2) is 7.08. The van der Waals surface area contributed by atoms with Crippen LogP contribution in [0.2, 0.25) is 0 Å². The van der Waals surface area contributed by atoms with Crippen molar-refractivity contribution in [1.82, 2.24) is 15.0 Å². The minimum Gasteiger partial charge on any atom is -0.366 e. The molecule has 0 radical (unpaired) electrons. The molecule has 0 aliphatic rings. The molecule has 0 fully saturated rings. The molecule has 0 saturated carbocycles. The first-order valence-electron chi connectivity index (χ1n) is 7.92. The van der Waals surface area contributed by atoms with E-state index in [-0.39, 0.29) is 0 Å². The molecule has 0 unspecified atom stereocenters. The lowest BCUT2D eigenvalue weighted by Crippen LogP contribution is -2.05. The van der Waals surface area contributed by atoms with E-state index in [0.29, 0.717) is 12.5 Å². The standard InChI is InChI=1S/C19H21N5/c1-13-8-14(2)10-17(9-13)23-19-22-15(3)11-18(24-19)21-12-16-4-6-20-7-5-16/h4-11H,12H2,1-3H3,(H2,21,22,23,24). The van der Waals surface area contributed by atoms with Gasteiger partial charge in [-0.25, -0.2) is 4.98 Å². The Kier molecular flexibility index (Phi) is 4.70. The van der Waals surface area contributed by atoms with Gasteiger partial charge in [0, 0.05) is 36.4 Å². The lowest BCUT2D eigenvalue weighted by molar-refractivity contribution is 1.05. The molecule has 2 aromatic heterocycles. The van der Waals surface area contributed by atoms with Crippen LogP contribution < -0.4 is 10.6 Å². The first-order chi connectivity index (χ1) is 11.6. The molecule has 0 amide bonds. The number of rotatable bonds is 5. The normalized spacial score (nSPS) is 10.5. The van der Waals surface area contributed by atoms with Crippen LogP contribution in [0.15, 0.2) is 48.8 Å². The molecule has 2 heterocycles. The first-order valence-corrected chi connectivity index (χ1v) is 7.92. The van der Waals surface area contributed by atoms with Crippen molar-refractivity contribution < 1.29 is 0 Å². The lowest BCUT2D eigenvalue weighted by Gasteiger charge is -2.11. The molecule has 3 aromatic rings. The monoisotopic (exact) mass is 319 g/mol. The minimum absolute atomic E-state index is 0.595. The van der Waals surface area contributed by atoms with Crippen molar-refractivity contribution in [2.75, 3.05) is 10.6 Å². The Bertz CT molecular complexity index is 810. The van der Waals surface area contributed by atoms with E-state index in [0.717, 1.165) is 22.8 Å². The average Bonchev–Trinajstić information content (AvgIpc) is 2.52. The molecule has 0 bridgehead atoms. The van der Waals surface area contributed by atoms with Crippen LogP contribution in [-0.2, 0) is 6.54 Å². The van der Waals surface area contributed by atoms with Crippen molar-refractivity contribution in [3.63, 3.8) is 0 Å². The Balaban J connectivity index is 1.76. The maximum atomic E-state index is 4.55. The summed E-state index contributed by atoms with van der Waals surface area (Å²) in [6.45, 7) is 6.82. The highest BCUT2D eigenvalue weighted by Gasteiger charge is 2.04. The summed E-state index contributed by atoms with van der Waals surface area (Å²) in [7, 11) is 0. The highest BCUT2D eigenvalue weighted by Crippen LogP contribution is 2.19. The second-order valence-electron chi connectivity index (χ2n) is 5.93. The topological polar surface area (TPSA) is 62.7 Å². The van der Waals surface area contributed by atoms with Crippen LogP contribution in [0.25, 0.3) is 0 Å². The number of benzene rings is 1. The lowest BCUT2D eigenvalue weighted by atomic mass is 10.1. The van der Waals surface area contributed by atoms with Gasteiger partial charge >= 0.3 is 0 Å². The van der Waals surface area contributed by atoms with Gasteiger partial charge in [-0.15, -0.1) is 0 Å². The number of pyridine rings is 1. The Morgan fingerprint density at radius 2 is 1.58 bits per heavy atom. The molecule has 0 atom stereocenters. The summed E-state index contributed by atoms with van der Waals surface area (Å²) in [4.78, 5) is 13.1. The Hall–Kier alpha value is -2.95. The van der Waals surface area contributed by atoms with Gasteiger partial charge in [-0.2, -0.15) is 4.98 Å². The summed E-state index contributed by atoms with van der Waals surface area (Å²) < 4.78 is 0. The summed E-state index contributed by atoms with van der Waals surface area (Å²) in [5, 5.41) is 6.62. The number of anilines is 3. The van der Waals surface area contributed by atoms with Crippen molar-refractivity contribution in [2.45, 2.75) is 27.3 Å². The molecule has 5 heteroatoms. The van der Waals surface area contributed by atoms with Gasteiger partial charge in [-0.3, -0.25) is 4.98 Å². The summed E-state index contributed by atoms with van der Waals surface area (Å²) in [6, 6.07) is 12.2. The molecule has 0 saturated heterocycles. The number of nitrogens with one attached hydrogen (secondary N) is 2. The van der Waals surface area contributed by atoms with Crippen LogP contribution in [0, 0.1) is 20.8 Å². The predicted molar refractivity (Wildman–Crippen MR) is 97.5 cm³/mol. The molecule has 0 spiro atoms. The number of hydrogen-bond donors (Lipinski definition) is 2. The van der Waals surface area contributed by atoms with Gasteiger partial charge in [-0.1, -0.05) is 6.07 Å². The van der Waals surface area contributed by atoms with E-state index in [1.54, 1.807) is 12.4 Å². The van der Waals surface area contributed by atoms with E-state index in [9.17, 15) is 0 Å². The largest absolute Gasteiger partial charge is 0.366 e. The van der Waals surface area contributed by atoms with Gasteiger partial charge < -0.3 is 10.6 Å². The molecule has 0 aliphatic carbocycles. The molecular formula is C19H21N5. The zero-order valence-corrected chi connectivity index (χ0v) is 14.2. The minimum atomic E-state index is 0.595. The van der Waals surface area contributed by atoms with Crippen molar-refractivity contribution in [3.05, 3.63) is 71.2 Å². The SMILES string of the molecule is Cc1cc(C)cc(Nc2nc(C)cc(NCc3ccncc3)n2)c1. The maximum absolute atomic E-state index is 4.55. The zero-order chi connectivity index (χ0) is 16.9. The smallest absolute Gasteiger partial charge is 0.229 e. The number of aromatic nitrogens is 3. The van der Waals surface area contributed by atoms with Gasteiger partial charge in [0.05, 0.1) is 0 Å². The van der Waals surface area contributed by atoms with Crippen LogP contribution in [-0.4, -0.2) is 15.0 Å². The predicted octanol–water partition coefficient (Wildman–Crippen LogP) is 4.15. The van der Waals surface area contributed by atoms with Gasteiger partial charge in [0.25, 0.3) is 0 Å². The third-order valence-corrected chi connectivity index (χ3v) is 3.56. The van der Waals surface area contributed by atoms with E-state index < -0.39 is 0 Å². The zero-order valence-electron chi connectivity index (χ0n) is 14.2. The van der Waals surface area contributed by atoms with Crippen LogP contribution in [0.1, 0.15) is 22.4 Å². The van der Waals surface area contributed by atoms with E-state index in [4.69, 9.17) is 0 Å². The van der Waals surface area contributed by atoms with Gasteiger partial charge in [0.15, 0.2) is 0 Å². The van der Waals surface area contributed by atoms with E-state index >= 15 is 0 Å². The first kappa shape index (κ1) is 15.9. The molecular weight excluding hydrogens is 298 g/mol. The van der Waals surface area contributed by atoms with E-state index in [1.165, 1.54) is 11.1 Å². The molecule has 0 aliphatic heterocycles. The molecule has 5 nitrogen and oxygen atoms in total. The Morgan fingerprint density at radius 3 is 2.29 bits per heavy atom. The quantitative estimate of drug-likeness (QED) is 0.739. The highest BCUT2D eigenvalue weighted by atomic mass is 15.1. The fourth-order valence-electron chi connectivity index (χ4n) is 2.58. The van der Waals surface area contributed by atoms with Gasteiger partial charge in [0.2, 0.25) is 5.95 Å². The van der Waals surface area contributed by atoms with Crippen LogP contribution >= 0.6 is 0 Å². The maximum Gasteiger partial charge on any atom is 0.229 e. The second-order valence-corrected chi connectivity index (χ2v) is 5.93. The van der Waals surface area contributed by atoms with Crippen molar-refractivity contribution >= 4 is 17.5 Å². The number of aryl methyl sites for hydroxylation is 3. The Labute approximate surface area is 142 Å².